The average Bonchev–Trinajstić information content (AvgIpc) is 2.48. The van der Waals surface area contributed by atoms with E-state index in [0.29, 0.717) is 0 Å². The van der Waals surface area contributed by atoms with Gasteiger partial charge in [0.15, 0.2) is 0 Å². The molecule has 0 aromatic heterocycles. The second kappa shape index (κ2) is 8.47. The van der Waals surface area contributed by atoms with E-state index in [9.17, 15) is 0 Å². The molecule has 2 rings (SSSR count). The summed E-state index contributed by atoms with van der Waals surface area (Å²) in [6, 6.07) is 14.9. The van der Waals surface area contributed by atoms with Crippen LogP contribution in [0.4, 0.5) is 0 Å². The van der Waals surface area contributed by atoms with Gasteiger partial charge in [-0.2, -0.15) is 0 Å². The van der Waals surface area contributed by atoms with Gasteiger partial charge in [0.1, 0.15) is 0 Å². The molecule has 1 N–H and O–H groups in total. The Morgan fingerprint density at radius 1 is 1.14 bits per heavy atom. The van der Waals surface area contributed by atoms with Gasteiger partial charge in [0.05, 0.1) is 5.02 Å². The van der Waals surface area contributed by atoms with Crippen molar-refractivity contribution in [2.45, 2.75) is 37.5 Å². The first-order valence-electron chi connectivity index (χ1n) is 7.37. The Morgan fingerprint density at radius 3 is 2.67 bits per heavy atom. The number of rotatable bonds is 7. The van der Waals surface area contributed by atoms with Gasteiger partial charge in [-0.15, -0.1) is 11.8 Å². The molecule has 21 heavy (non-hydrogen) atoms. The lowest BCUT2D eigenvalue weighted by Gasteiger charge is -2.09. The van der Waals surface area contributed by atoms with Crippen LogP contribution in [0.5, 0.6) is 0 Å². The predicted octanol–water partition coefficient (Wildman–Crippen LogP) is 5.44. The van der Waals surface area contributed by atoms with Gasteiger partial charge in [0.25, 0.3) is 0 Å². The highest BCUT2D eigenvalue weighted by Gasteiger charge is 2.04. The van der Waals surface area contributed by atoms with Gasteiger partial charge < -0.3 is 5.32 Å². The predicted molar refractivity (Wildman–Crippen MR) is 94.2 cm³/mol. The first kappa shape index (κ1) is 16.4. The molecule has 0 amide bonds. The van der Waals surface area contributed by atoms with E-state index in [1.165, 1.54) is 16.7 Å². The van der Waals surface area contributed by atoms with Crippen LogP contribution in [0.3, 0.4) is 0 Å². The highest BCUT2D eigenvalue weighted by Crippen LogP contribution is 2.31. The van der Waals surface area contributed by atoms with Crippen LogP contribution in [-0.4, -0.2) is 6.54 Å². The monoisotopic (exact) mass is 319 g/mol. The summed E-state index contributed by atoms with van der Waals surface area (Å²) in [4.78, 5) is 1.15. The smallest absolute Gasteiger partial charge is 0.0545 e. The molecule has 0 saturated carbocycles. The Bertz CT molecular complexity index is 583. The van der Waals surface area contributed by atoms with Crippen molar-refractivity contribution in [2.24, 2.45) is 0 Å². The SMILES string of the molecule is CCCNCc1ccc(SCc2ccccc2C)c(Cl)c1. The number of benzene rings is 2. The van der Waals surface area contributed by atoms with Crippen LogP contribution < -0.4 is 5.32 Å². The Balaban J connectivity index is 1.96. The molecule has 112 valence electrons. The number of hydrogen-bond acceptors (Lipinski definition) is 2. The summed E-state index contributed by atoms with van der Waals surface area (Å²) in [7, 11) is 0. The summed E-state index contributed by atoms with van der Waals surface area (Å²) in [5.74, 6) is 0.958. The standard InChI is InChI=1S/C18H22ClNS/c1-3-10-20-12-15-8-9-18(17(19)11-15)21-13-16-7-5-4-6-14(16)2/h4-9,11,20H,3,10,12-13H2,1-2H3. The summed E-state index contributed by atoms with van der Waals surface area (Å²) < 4.78 is 0. The third-order valence-corrected chi connectivity index (χ3v) is 4.94. The topological polar surface area (TPSA) is 12.0 Å². The maximum absolute atomic E-state index is 6.40. The van der Waals surface area contributed by atoms with Crippen molar-refractivity contribution < 1.29 is 0 Å². The van der Waals surface area contributed by atoms with Gasteiger partial charge in [0, 0.05) is 17.2 Å². The van der Waals surface area contributed by atoms with Gasteiger partial charge in [-0.25, -0.2) is 0 Å². The highest BCUT2D eigenvalue weighted by molar-refractivity contribution is 7.98. The fourth-order valence-electron chi connectivity index (χ4n) is 2.11. The third kappa shape index (κ3) is 5.06. The van der Waals surface area contributed by atoms with Gasteiger partial charge in [-0.05, 0) is 48.7 Å². The van der Waals surface area contributed by atoms with Crippen LogP contribution in [0.1, 0.15) is 30.0 Å². The summed E-state index contributed by atoms with van der Waals surface area (Å²) in [5, 5.41) is 4.25. The summed E-state index contributed by atoms with van der Waals surface area (Å²) >= 11 is 8.20. The Hall–Kier alpha value is -0.960. The normalized spacial score (nSPS) is 10.8. The minimum absolute atomic E-state index is 0.851. The number of nitrogens with one attached hydrogen (secondary N) is 1. The first-order valence-corrected chi connectivity index (χ1v) is 8.73. The molecule has 0 heterocycles. The molecule has 0 spiro atoms. The molecular formula is C18H22ClNS. The van der Waals surface area contributed by atoms with Crippen LogP contribution >= 0.6 is 23.4 Å². The van der Waals surface area contributed by atoms with Crippen molar-refractivity contribution in [3.63, 3.8) is 0 Å². The lowest BCUT2D eigenvalue weighted by molar-refractivity contribution is 0.675. The molecule has 2 aromatic carbocycles. The van der Waals surface area contributed by atoms with Crippen LogP contribution in [0.25, 0.3) is 0 Å². The van der Waals surface area contributed by atoms with Gasteiger partial charge in [-0.1, -0.05) is 48.9 Å². The summed E-state index contributed by atoms with van der Waals surface area (Å²) in [5.41, 5.74) is 3.95. The lowest BCUT2D eigenvalue weighted by Crippen LogP contribution is -2.13. The van der Waals surface area contributed by atoms with Gasteiger partial charge >= 0.3 is 0 Å². The molecule has 0 fully saturated rings. The average molecular weight is 320 g/mol. The third-order valence-electron chi connectivity index (χ3n) is 3.40. The number of hydrogen-bond donors (Lipinski definition) is 1. The van der Waals surface area contributed by atoms with Crippen molar-refractivity contribution in [3.05, 3.63) is 64.2 Å². The molecule has 0 radical (unpaired) electrons. The summed E-state index contributed by atoms with van der Waals surface area (Å²) in [6.45, 7) is 6.25. The zero-order valence-corrected chi connectivity index (χ0v) is 14.2. The second-order valence-electron chi connectivity index (χ2n) is 5.16. The van der Waals surface area contributed by atoms with Crippen molar-refractivity contribution in [3.8, 4) is 0 Å². The number of halogens is 1. The maximum atomic E-state index is 6.40. The van der Waals surface area contributed by atoms with Crippen LogP contribution in [0.2, 0.25) is 5.02 Å². The van der Waals surface area contributed by atoms with Crippen molar-refractivity contribution in [1.29, 1.82) is 0 Å². The van der Waals surface area contributed by atoms with Crippen LogP contribution in [0.15, 0.2) is 47.4 Å². The molecule has 1 nitrogen and oxygen atoms in total. The molecule has 3 heteroatoms. The molecule has 0 aliphatic carbocycles. The van der Waals surface area contributed by atoms with E-state index >= 15 is 0 Å². The summed E-state index contributed by atoms with van der Waals surface area (Å²) in [6.07, 6.45) is 1.15. The van der Waals surface area contributed by atoms with E-state index in [1.54, 1.807) is 11.8 Å². The number of aryl methyl sites for hydroxylation is 1. The molecular weight excluding hydrogens is 298 g/mol. The lowest BCUT2D eigenvalue weighted by atomic mass is 10.1. The Kier molecular flexibility index (Phi) is 6.62. The molecule has 0 aliphatic heterocycles. The molecule has 0 unspecified atom stereocenters. The maximum Gasteiger partial charge on any atom is 0.0545 e. The van der Waals surface area contributed by atoms with Crippen molar-refractivity contribution in [1.82, 2.24) is 5.32 Å². The van der Waals surface area contributed by atoms with E-state index in [4.69, 9.17) is 11.6 Å². The minimum Gasteiger partial charge on any atom is -0.313 e. The fourth-order valence-corrected chi connectivity index (χ4v) is 3.47. The van der Waals surface area contributed by atoms with Crippen LogP contribution in [0, 0.1) is 6.92 Å². The zero-order chi connectivity index (χ0) is 15.1. The van der Waals surface area contributed by atoms with E-state index in [0.717, 1.165) is 35.2 Å². The van der Waals surface area contributed by atoms with E-state index in [-0.39, 0.29) is 0 Å². The molecule has 0 aliphatic rings. The van der Waals surface area contributed by atoms with E-state index in [2.05, 4.69) is 61.6 Å². The van der Waals surface area contributed by atoms with E-state index < -0.39 is 0 Å². The van der Waals surface area contributed by atoms with Crippen LogP contribution in [-0.2, 0) is 12.3 Å². The minimum atomic E-state index is 0.851. The largest absolute Gasteiger partial charge is 0.313 e. The molecule has 0 atom stereocenters. The second-order valence-corrected chi connectivity index (χ2v) is 6.58. The van der Waals surface area contributed by atoms with Crippen molar-refractivity contribution >= 4 is 23.4 Å². The van der Waals surface area contributed by atoms with Gasteiger partial charge in [0.2, 0.25) is 0 Å². The van der Waals surface area contributed by atoms with Crippen molar-refractivity contribution in [2.75, 3.05) is 6.54 Å². The van der Waals surface area contributed by atoms with Gasteiger partial charge in [-0.3, -0.25) is 0 Å². The zero-order valence-electron chi connectivity index (χ0n) is 12.7. The molecule has 0 bridgehead atoms. The Morgan fingerprint density at radius 2 is 1.95 bits per heavy atom. The van der Waals surface area contributed by atoms with E-state index in [1.807, 2.05) is 0 Å². The molecule has 0 saturated heterocycles. The molecule has 2 aromatic rings. The number of thioether (sulfide) groups is 1. The first-order chi connectivity index (χ1) is 10.2. The fraction of sp³-hybridized carbons (Fsp3) is 0.333. The quantitative estimate of drug-likeness (QED) is 0.538. The Labute approximate surface area is 137 Å². The highest BCUT2D eigenvalue weighted by atomic mass is 35.5.